The number of allylic oxidation sites excluding steroid dienone is 1. The van der Waals surface area contributed by atoms with Crippen LogP contribution in [0.1, 0.15) is 32.3 Å². The van der Waals surface area contributed by atoms with Crippen LogP contribution in [0.2, 0.25) is 0 Å². The summed E-state index contributed by atoms with van der Waals surface area (Å²) in [7, 11) is 0. The number of benzene rings is 1. The lowest BCUT2D eigenvalue weighted by molar-refractivity contribution is -0.132. The number of likely N-dealkylation sites (tertiary alicyclic amines) is 1. The fourth-order valence-corrected chi connectivity index (χ4v) is 5.33. The topological polar surface area (TPSA) is 20.3 Å². The maximum Gasteiger partial charge on any atom is 0.245 e. The van der Waals surface area contributed by atoms with Gasteiger partial charge in [-0.1, -0.05) is 42.5 Å². The van der Waals surface area contributed by atoms with Gasteiger partial charge in [-0.15, -0.1) is 23.2 Å². The van der Waals surface area contributed by atoms with Gasteiger partial charge in [0.25, 0.3) is 0 Å². The Bertz CT molecular complexity index is 628. The minimum Gasteiger partial charge on any atom is -0.336 e. The molecule has 1 amide bonds. The Kier molecular flexibility index (Phi) is 4.27. The zero-order chi connectivity index (χ0) is 16.8. The molecular formula is C19H23Cl2NO. The van der Waals surface area contributed by atoms with E-state index in [1.54, 1.807) is 0 Å². The summed E-state index contributed by atoms with van der Waals surface area (Å²) in [6.45, 7) is 9.26. The van der Waals surface area contributed by atoms with Crippen molar-refractivity contribution in [3.8, 4) is 0 Å². The summed E-state index contributed by atoms with van der Waals surface area (Å²) < 4.78 is 0. The highest BCUT2D eigenvalue weighted by atomic mass is 35.5. The van der Waals surface area contributed by atoms with E-state index in [2.05, 4.69) is 6.58 Å². The van der Waals surface area contributed by atoms with Crippen LogP contribution < -0.4 is 0 Å². The van der Waals surface area contributed by atoms with Gasteiger partial charge in [0.15, 0.2) is 0 Å². The predicted octanol–water partition coefficient (Wildman–Crippen LogP) is 4.61. The van der Waals surface area contributed by atoms with Crippen LogP contribution in [0.15, 0.2) is 42.5 Å². The average Bonchev–Trinajstić information content (AvgIpc) is 2.74. The third-order valence-corrected chi connectivity index (χ3v) is 6.63. The SMILES string of the molecule is C=C(C)[C@H]1CC[C@@](C)(Cl)[C@@H]2CN(Cc3ccccc3)C(=O)[C@]12Cl. The summed E-state index contributed by atoms with van der Waals surface area (Å²) >= 11 is 13.8. The normalized spacial score (nSPS) is 36.9. The third-order valence-electron chi connectivity index (χ3n) is 5.49. The molecule has 1 saturated heterocycles. The first-order chi connectivity index (χ1) is 10.8. The molecule has 3 rings (SSSR count). The molecule has 1 aliphatic carbocycles. The van der Waals surface area contributed by atoms with Crippen molar-refractivity contribution in [1.82, 2.24) is 4.90 Å². The van der Waals surface area contributed by atoms with E-state index >= 15 is 0 Å². The van der Waals surface area contributed by atoms with Crippen molar-refractivity contribution in [2.75, 3.05) is 6.54 Å². The highest BCUT2D eigenvalue weighted by Crippen LogP contribution is 2.56. The molecule has 0 N–H and O–H groups in total. The van der Waals surface area contributed by atoms with Crippen LogP contribution in [0.3, 0.4) is 0 Å². The molecule has 1 heterocycles. The van der Waals surface area contributed by atoms with Gasteiger partial charge in [-0.25, -0.2) is 0 Å². The van der Waals surface area contributed by atoms with Crippen LogP contribution in [0.5, 0.6) is 0 Å². The minimum atomic E-state index is -0.949. The zero-order valence-electron chi connectivity index (χ0n) is 13.7. The Morgan fingerprint density at radius 1 is 1.35 bits per heavy atom. The lowest BCUT2D eigenvalue weighted by Gasteiger charge is -2.46. The van der Waals surface area contributed by atoms with Crippen molar-refractivity contribution in [1.29, 1.82) is 0 Å². The Hall–Kier alpha value is -0.990. The van der Waals surface area contributed by atoms with E-state index in [1.165, 1.54) is 0 Å². The smallest absolute Gasteiger partial charge is 0.245 e. The Morgan fingerprint density at radius 3 is 2.61 bits per heavy atom. The molecule has 124 valence electrons. The van der Waals surface area contributed by atoms with Gasteiger partial charge < -0.3 is 4.90 Å². The molecular weight excluding hydrogens is 329 g/mol. The molecule has 0 radical (unpaired) electrons. The van der Waals surface area contributed by atoms with Crippen LogP contribution in [0, 0.1) is 11.8 Å². The first-order valence-electron chi connectivity index (χ1n) is 8.13. The van der Waals surface area contributed by atoms with Crippen molar-refractivity contribution < 1.29 is 4.79 Å². The summed E-state index contributed by atoms with van der Waals surface area (Å²) in [5.74, 6) is -0.0631. The molecule has 1 aromatic rings. The fraction of sp³-hybridized carbons (Fsp3) is 0.526. The van der Waals surface area contributed by atoms with E-state index < -0.39 is 9.75 Å². The number of hydrogen-bond donors (Lipinski definition) is 0. The molecule has 0 spiro atoms. The van der Waals surface area contributed by atoms with Crippen molar-refractivity contribution in [3.05, 3.63) is 48.0 Å². The first-order valence-corrected chi connectivity index (χ1v) is 8.89. The second-order valence-electron chi connectivity index (χ2n) is 7.21. The van der Waals surface area contributed by atoms with Crippen molar-refractivity contribution in [2.24, 2.45) is 11.8 Å². The van der Waals surface area contributed by atoms with Crippen LogP contribution in [-0.4, -0.2) is 27.1 Å². The van der Waals surface area contributed by atoms with Crippen molar-refractivity contribution in [2.45, 2.75) is 43.0 Å². The van der Waals surface area contributed by atoms with Gasteiger partial charge in [0.2, 0.25) is 5.91 Å². The minimum absolute atomic E-state index is 0.00531. The summed E-state index contributed by atoms with van der Waals surface area (Å²) in [5.41, 5.74) is 2.09. The second kappa shape index (κ2) is 5.82. The number of fused-ring (bicyclic) bond motifs is 1. The summed E-state index contributed by atoms with van der Waals surface area (Å²) in [6.07, 6.45) is 1.68. The fourth-order valence-electron chi connectivity index (χ4n) is 4.20. The molecule has 0 unspecified atom stereocenters. The van der Waals surface area contributed by atoms with Gasteiger partial charge in [0.1, 0.15) is 4.87 Å². The maximum absolute atomic E-state index is 13.2. The van der Waals surface area contributed by atoms with Crippen LogP contribution in [0.4, 0.5) is 0 Å². The highest BCUT2D eigenvalue weighted by Gasteiger charge is 2.64. The van der Waals surface area contributed by atoms with Gasteiger partial charge >= 0.3 is 0 Å². The number of carbonyl (C=O) groups excluding carboxylic acids is 1. The quantitative estimate of drug-likeness (QED) is 0.575. The van der Waals surface area contributed by atoms with Gasteiger partial charge in [-0.3, -0.25) is 4.79 Å². The van der Waals surface area contributed by atoms with E-state index in [-0.39, 0.29) is 17.7 Å². The van der Waals surface area contributed by atoms with Crippen LogP contribution >= 0.6 is 23.2 Å². The van der Waals surface area contributed by atoms with E-state index in [1.807, 2.05) is 49.1 Å². The lowest BCUT2D eigenvalue weighted by Crippen LogP contribution is -2.54. The molecule has 2 fully saturated rings. The van der Waals surface area contributed by atoms with Crippen LogP contribution in [0.25, 0.3) is 0 Å². The van der Waals surface area contributed by atoms with E-state index in [4.69, 9.17) is 23.2 Å². The van der Waals surface area contributed by atoms with E-state index in [9.17, 15) is 4.79 Å². The molecule has 0 aromatic heterocycles. The summed E-state index contributed by atoms with van der Waals surface area (Å²) in [6, 6.07) is 10.0. The molecule has 2 aliphatic rings. The predicted molar refractivity (Wildman–Crippen MR) is 95.7 cm³/mol. The van der Waals surface area contributed by atoms with Crippen molar-refractivity contribution in [3.63, 3.8) is 0 Å². The molecule has 4 heteroatoms. The Morgan fingerprint density at radius 2 is 2.00 bits per heavy atom. The number of amides is 1. The maximum atomic E-state index is 13.2. The third kappa shape index (κ3) is 2.70. The number of hydrogen-bond acceptors (Lipinski definition) is 1. The number of rotatable bonds is 3. The van der Waals surface area contributed by atoms with Crippen LogP contribution in [-0.2, 0) is 11.3 Å². The van der Waals surface area contributed by atoms with E-state index in [0.717, 1.165) is 24.0 Å². The first kappa shape index (κ1) is 16.9. The summed E-state index contributed by atoms with van der Waals surface area (Å²) in [4.78, 5) is 13.6. The lowest BCUT2D eigenvalue weighted by atomic mass is 9.65. The van der Waals surface area contributed by atoms with Gasteiger partial charge in [-0.05, 0) is 32.3 Å². The Labute approximate surface area is 148 Å². The largest absolute Gasteiger partial charge is 0.336 e. The standard InChI is InChI=1S/C19H23Cl2NO/c1-13(2)15-9-10-18(3,20)16-12-22(17(23)19(15,16)21)11-14-7-5-4-6-8-14/h4-8,15-16H,1,9-12H2,2-3H3/t15-,16+,18-,19+/m1/s1. The molecule has 1 aliphatic heterocycles. The number of nitrogens with zero attached hydrogens (tertiary/aromatic N) is 1. The second-order valence-corrected chi connectivity index (χ2v) is 8.70. The number of carbonyl (C=O) groups is 1. The molecule has 23 heavy (non-hydrogen) atoms. The number of halogens is 2. The molecule has 2 nitrogen and oxygen atoms in total. The zero-order valence-corrected chi connectivity index (χ0v) is 15.2. The van der Waals surface area contributed by atoms with Gasteiger partial charge in [0, 0.05) is 29.8 Å². The molecule has 1 aromatic carbocycles. The van der Waals surface area contributed by atoms with Gasteiger partial charge in [-0.2, -0.15) is 0 Å². The average molecular weight is 352 g/mol. The monoisotopic (exact) mass is 351 g/mol. The molecule has 1 saturated carbocycles. The molecule has 0 bridgehead atoms. The summed E-state index contributed by atoms with van der Waals surface area (Å²) in [5, 5.41) is 0. The molecule has 4 atom stereocenters. The highest BCUT2D eigenvalue weighted by molar-refractivity contribution is 6.37. The van der Waals surface area contributed by atoms with Crippen molar-refractivity contribution >= 4 is 29.1 Å². The van der Waals surface area contributed by atoms with Gasteiger partial charge in [0.05, 0.1) is 0 Å². The number of alkyl halides is 2. The van der Waals surface area contributed by atoms with E-state index in [0.29, 0.717) is 13.1 Å². The Balaban J connectivity index is 1.94.